The van der Waals surface area contributed by atoms with E-state index in [-0.39, 0.29) is 28.5 Å². The van der Waals surface area contributed by atoms with Crippen LogP contribution in [0.5, 0.6) is 11.5 Å². The van der Waals surface area contributed by atoms with Crippen molar-refractivity contribution in [1.82, 2.24) is 4.90 Å². The number of nitrogens with zero attached hydrogens (tertiary/aromatic N) is 2. The van der Waals surface area contributed by atoms with Crippen LogP contribution in [0.3, 0.4) is 0 Å². The molecule has 0 bridgehead atoms. The van der Waals surface area contributed by atoms with Crippen molar-refractivity contribution in [2.45, 2.75) is 6.54 Å². The summed E-state index contributed by atoms with van der Waals surface area (Å²) in [5, 5.41) is 10.7. The molecule has 0 unspecified atom stereocenters. The first-order valence-electron chi connectivity index (χ1n) is 10.4. The molecule has 36 heavy (non-hydrogen) atoms. The lowest BCUT2D eigenvalue weighted by Gasteiger charge is -2.12. The second-order valence-corrected chi connectivity index (χ2v) is 9.36. The highest BCUT2D eigenvalue weighted by Gasteiger charge is 2.36. The van der Waals surface area contributed by atoms with Gasteiger partial charge in [-0.1, -0.05) is 34.1 Å². The van der Waals surface area contributed by atoms with Crippen molar-refractivity contribution in [3.63, 3.8) is 0 Å². The van der Waals surface area contributed by atoms with Crippen molar-refractivity contribution in [2.75, 3.05) is 7.11 Å². The van der Waals surface area contributed by atoms with E-state index in [2.05, 4.69) is 15.9 Å². The van der Waals surface area contributed by atoms with Gasteiger partial charge in [-0.25, -0.2) is 4.79 Å². The molecular formula is C25H17BrN2O7S. The summed E-state index contributed by atoms with van der Waals surface area (Å²) in [6.07, 6.45) is 1.45. The van der Waals surface area contributed by atoms with Gasteiger partial charge in [-0.2, -0.15) is 0 Å². The van der Waals surface area contributed by atoms with Gasteiger partial charge in [0.2, 0.25) is 0 Å². The van der Waals surface area contributed by atoms with Crippen LogP contribution in [-0.2, 0) is 11.3 Å². The molecule has 0 aliphatic carbocycles. The number of halogens is 1. The normalized spacial score (nSPS) is 14.3. The number of benzene rings is 3. The van der Waals surface area contributed by atoms with Gasteiger partial charge in [0.25, 0.3) is 16.8 Å². The fourth-order valence-corrected chi connectivity index (χ4v) is 4.59. The smallest absolute Gasteiger partial charge is 0.343 e. The molecule has 3 aromatic carbocycles. The van der Waals surface area contributed by atoms with Crippen LogP contribution in [0.4, 0.5) is 10.5 Å². The number of nitro groups is 1. The van der Waals surface area contributed by atoms with E-state index in [0.29, 0.717) is 33.1 Å². The van der Waals surface area contributed by atoms with Crippen molar-refractivity contribution >= 4 is 56.6 Å². The zero-order chi connectivity index (χ0) is 25.8. The number of rotatable bonds is 7. The van der Waals surface area contributed by atoms with Crippen molar-refractivity contribution in [2.24, 2.45) is 0 Å². The second-order valence-electron chi connectivity index (χ2n) is 7.45. The quantitative estimate of drug-likeness (QED) is 0.115. The Bertz CT molecular complexity index is 1410. The van der Waals surface area contributed by atoms with Gasteiger partial charge < -0.3 is 9.47 Å². The fourth-order valence-electron chi connectivity index (χ4n) is 3.38. The van der Waals surface area contributed by atoms with Gasteiger partial charge in [-0.05, 0) is 60.3 Å². The van der Waals surface area contributed by atoms with Gasteiger partial charge in [-0.15, -0.1) is 0 Å². The van der Waals surface area contributed by atoms with Crippen LogP contribution in [-0.4, -0.2) is 34.0 Å². The summed E-state index contributed by atoms with van der Waals surface area (Å²) in [7, 11) is 1.52. The zero-order valence-electron chi connectivity index (χ0n) is 18.7. The van der Waals surface area contributed by atoms with Crippen LogP contribution < -0.4 is 9.47 Å². The number of ether oxygens (including phenoxy) is 2. The van der Waals surface area contributed by atoms with E-state index in [9.17, 15) is 24.5 Å². The molecule has 1 aliphatic heterocycles. The fraction of sp³-hybridized carbons (Fsp3) is 0.0800. The second kappa shape index (κ2) is 10.8. The minimum Gasteiger partial charge on any atom is -0.497 e. The molecule has 1 aliphatic rings. The number of amides is 2. The number of carbonyl (C=O) groups is 3. The van der Waals surface area contributed by atoms with Crippen LogP contribution >= 0.6 is 27.7 Å². The lowest BCUT2D eigenvalue weighted by molar-refractivity contribution is -0.385. The molecule has 11 heteroatoms. The molecule has 0 radical (unpaired) electrons. The Labute approximate surface area is 218 Å². The van der Waals surface area contributed by atoms with E-state index >= 15 is 0 Å². The third kappa shape index (κ3) is 5.47. The average molecular weight is 569 g/mol. The number of imide groups is 1. The van der Waals surface area contributed by atoms with Crippen LogP contribution in [0.15, 0.2) is 76.1 Å². The molecule has 0 saturated carbocycles. The Morgan fingerprint density at radius 3 is 2.53 bits per heavy atom. The van der Waals surface area contributed by atoms with E-state index < -0.39 is 22.0 Å². The molecular weight excluding hydrogens is 552 g/mol. The SMILES string of the molecule is COc1ccc(C(=O)Oc2ccc(Br)cc2/C=C2\SC(=O)N(Cc3ccccc3[N+](=O)[O-])C2=O)cc1. The molecule has 0 spiro atoms. The molecule has 4 rings (SSSR count). The Hall–Kier alpha value is -3.96. The molecule has 0 atom stereocenters. The number of para-hydroxylation sites is 1. The number of carbonyl (C=O) groups excluding carboxylic acids is 3. The first-order chi connectivity index (χ1) is 17.3. The first kappa shape index (κ1) is 25.1. The third-order valence-electron chi connectivity index (χ3n) is 5.18. The number of thioether (sulfide) groups is 1. The molecule has 182 valence electrons. The lowest BCUT2D eigenvalue weighted by atomic mass is 10.1. The molecule has 1 heterocycles. The molecule has 1 saturated heterocycles. The monoisotopic (exact) mass is 568 g/mol. The lowest BCUT2D eigenvalue weighted by Crippen LogP contribution is -2.27. The summed E-state index contributed by atoms with van der Waals surface area (Å²) in [5.74, 6) is -0.438. The predicted octanol–water partition coefficient (Wildman–Crippen LogP) is 5.82. The number of nitro benzene ring substituents is 1. The number of hydrogen-bond acceptors (Lipinski definition) is 8. The van der Waals surface area contributed by atoms with Crippen molar-refractivity contribution in [1.29, 1.82) is 0 Å². The number of methoxy groups -OCH3 is 1. The molecule has 3 aromatic rings. The van der Waals surface area contributed by atoms with Gasteiger partial charge in [0.05, 0.1) is 29.0 Å². The largest absolute Gasteiger partial charge is 0.497 e. The number of esters is 1. The summed E-state index contributed by atoms with van der Waals surface area (Å²) in [6, 6.07) is 17.2. The van der Waals surface area contributed by atoms with E-state index in [4.69, 9.17) is 9.47 Å². The number of hydrogen-bond donors (Lipinski definition) is 0. The maximum atomic E-state index is 13.0. The van der Waals surface area contributed by atoms with Crippen LogP contribution in [0.1, 0.15) is 21.5 Å². The topological polar surface area (TPSA) is 116 Å². The van der Waals surface area contributed by atoms with Gasteiger partial charge in [0, 0.05) is 21.7 Å². The molecule has 2 amide bonds. The maximum absolute atomic E-state index is 13.0. The van der Waals surface area contributed by atoms with Crippen molar-refractivity contribution < 1.29 is 28.8 Å². The summed E-state index contributed by atoms with van der Waals surface area (Å²) in [5.41, 5.74) is 0.750. The van der Waals surface area contributed by atoms with Gasteiger partial charge in [0.15, 0.2) is 0 Å². The van der Waals surface area contributed by atoms with Crippen LogP contribution in [0.25, 0.3) is 6.08 Å². The molecule has 0 aromatic heterocycles. The minimum absolute atomic E-state index is 0.0958. The molecule has 9 nitrogen and oxygen atoms in total. The van der Waals surface area contributed by atoms with E-state index in [0.717, 1.165) is 4.90 Å². The Balaban J connectivity index is 1.59. The zero-order valence-corrected chi connectivity index (χ0v) is 21.1. The van der Waals surface area contributed by atoms with Gasteiger partial charge in [-0.3, -0.25) is 24.6 Å². The van der Waals surface area contributed by atoms with E-state index in [1.54, 1.807) is 48.5 Å². The van der Waals surface area contributed by atoms with Gasteiger partial charge in [0.1, 0.15) is 11.5 Å². The van der Waals surface area contributed by atoms with Gasteiger partial charge >= 0.3 is 5.97 Å². The first-order valence-corrected chi connectivity index (χ1v) is 12.0. The third-order valence-corrected chi connectivity index (χ3v) is 6.58. The summed E-state index contributed by atoms with van der Waals surface area (Å²) in [6.45, 7) is -0.239. The molecule has 1 fully saturated rings. The summed E-state index contributed by atoms with van der Waals surface area (Å²) in [4.78, 5) is 50.1. The summed E-state index contributed by atoms with van der Waals surface area (Å²) >= 11 is 4.06. The highest BCUT2D eigenvalue weighted by Crippen LogP contribution is 2.36. The average Bonchev–Trinajstić information content (AvgIpc) is 3.13. The van der Waals surface area contributed by atoms with Crippen LogP contribution in [0.2, 0.25) is 0 Å². The summed E-state index contributed by atoms with van der Waals surface area (Å²) < 4.78 is 11.3. The highest BCUT2D eigenvalue weighted by molar-refractivity contribution is 9.10. The van der Waals surface area contributed by atoms with Crippen LogP contribution in [0, 0.1) is 10.1 Å². The van der Waals surface area contributed by atoms with Crippen molar-refractivity contribution in [3.05, 3.63) is 103 Å². The van der Waals surface area contributed by atoms with Crippen molar-refractivity contribution in [3.8, 4) is 11.5 Å². The molecule has 0 N–H and O–H groups in total. The Morgan fingerprint density at radius 2 is 1.83 bits per heavy atom. The standard InChI is InChI=1S/C25H17BrN2O7S/c1-34-19-9-6-15(7-10-19)24(30)35-21-11-8-18(26)12-17(21)13-22-23(29)27(25(31)36-22)14-16-4-2-3-5-20(16)28(32)33/h2-13H,14H2,1H3/b22-13-. The van der Waals surface area contributed by atoms with E-state index in [1.807, 2.05) is 0 Å². The maximum Gasteiger partial charge on any atom is 0.343 e. The Morgan fingerprint density at radius 1 is 1.11 bits per heavy atom. The highest BCUT2D eigenvalue weighted by atomic mass is 79.9. The van der Waals surface area contributed by atoms with E-state index in [1.165, 1.54) is 31.4 Å². The Kier molecular flexibility index (Phi) is 7.51. The minimum atomic E-state index is -0.612. The predicted molar refractivity (Wildman–Crippen MR) is 137 cm³/mol.